The third kappa shape index (κ3) is 4.39. The Hall–Kier alpha value is -2.32. The Bertz CT molecular complexity index is 1030. The van der Waals surface area contributed by atoms with E-state index in [9.17, 15) is 18.0 Å². The highest BCUT2D eigenvalue weighted by atomic mass is 32.2. The van der Waals surface area contributed by atoms with Crippen molar-refractivity contribution in [1.82, 2.24) is 4.90 Å². The van der Waals surface area contributed by atoms with Crippen molar-refractivity contribution in [3.63, 3.8) is 0 Å². The van der Waals surface area contributed by atoms with E-state index in [1.807, 2.05) is 32.0 Å². The smallest absolute Gasteiger partial charge is 0.255 e. The molecule has 0 aromatic heterocycles. The summed E-state index contributed by atoms with van der Waals surface area (Å²) in [6, 6.07) is 11.0. The molecule has 1 heterocycles. The highest BCUT2D eigenvalue weighted by molar-refractivity contribution is 7.99. The second kappa shape index (κ2) is 7.97. The van der Waals surface area contributed by atoms with E-state index >= 15 is 0 Å². The standard InChI is InChI=1S/C20H22N2O4S2/c1-13-7-8-16(9-14(13)2)21-19(23)18-11-27-12-22(18)20(24)15-5-4-6-17(10-15)28(3,25)26/h4-10,18H,11-12H2,1-3H3,(H,21,23). The number of nitrogens with zero attached hydrogens (tertiary/aromatic N) is 1. The molecule has 0 bridgehead atoms. The Morgan fingerprint density at radius 1 is 1.11 bits per heavy atom. The van der Waals surface area contributed by atoms with Gasteiger partial charge in [-0.15, -0.1) is 11.8 Å². The van der Waals surface area contributed by atoms with Gasteiger partial charge >= 0.3 is 0 Å². The predicted octanol–water partition coefficient (Wildman–Crippen LogP) is 2.86. The highest BCUT2D eigenvalue weighted by Gasteiger charge is 2.35. The van der Waals surface area contributed by atoms with Crippen molar-refractivity contribution in [3.05, 3.63) is 59.2 Å². The summed E-state index contributed by atoms with van der Waals surface area (Å²) in [6.07, 6.45) is 1.10. The minimum Gasteiger partial charge on any atom is -0.324 e. The maximum Gasteiger partial charge on any atom is 0.255 e. The number of nitrogens with one attached hydrogen (secondary N) is 1. The van der Waals surface area contributed by atoms with Gasteiger partial charge in [-0.05, 0) is 55.3 Å². The van der Waals surface area contributed by atoms with Crippen LogP contribution in [0.25, 0.3) is 0 Å². The SMILES string of the molecule is Cc1ccc(NC(=O)C2CSCN2C(=O)c2cccc(S(C)(=O)=O)c2)cc1C. The van der Waals surface area contributed by atoms with Gasteiger partial charge in [-0.3, -0.25) is 9.59 Å². The molecule has 0 radical (unpaired) electrons. The molecular weight excluding hydrogens is 396 g/mol. The van der Waals surface area contributed by atoms with Crippen LogP contribution >= 0.6 is 11.8 Å². The van der Waals surface area contributed by atoms with Gasteiger partial charge in [0, 0.05) is 23.3 Å². The molecule has 1 aliphatic heterocycles. The lowest BCUT2D eigenvalue weighted by Crippen LogP contribution is -2.44. The second-order valence-electron chi connectivity index (χ2n) is 6.88. The minimum absolute atomic E-state index is 0.0846. The van der Waals surface area contributed by atoms with E-state index in [0.717, 1.165) is 17.4 Å². The summed E-state index contributed by atoms with van der Waals surface area (Å²) < 4.78 is 23.5. The van der Waals surface area contributed by atoms with Crippen LogP contribution < -0.4 is 5.32 Å². The molecule has 2 aromatic carbocycles. The Kier molecular flexibility index (Phi) is 5.81. The summed E-state index contributed by atoms with van der Waals surface area (Å²) in [5.41, 5.74) is 3.16. The van der Waals surface area contributed by atoms with E-state index < -0.39 is 15.9 Å². The first kappa shape index (κ1) is 20.4. The van der Waals surface area contributed by atoms with E-state index in [2.05, 4.69) is 5.32 Å². The largest absolute Gasteiger partial charge is 0.324 e. The molecule has 28 heavy (non-hydrogen) atoms. The van der Waals surface area contributed by atoms with Crippen LogP contribution in [0.15, 0.2) is 47.4 Å². The van der Waals surface area contributed by atoms with E-state index in [4.69, 9.17) is 0 Å². The number of anilines is 1. The highest BCUT2D eigenvalue weighted by Crippen LogP contribution is 2.25. The van der Waals surface area contributed by atoms with Crippen LogP contribution in [0.5, 0.6) is 0 Å². The molecule has 6 nitrogen and oxygen atoms in total. The average Bonchev–Trinajstić information content (AvgIpc) is 3.13. The fourth-order valence-electron chi connectivity index (χ4n) is 2.93. The van der Waals surface area contributed by atoms with E-state index in [0.29, 0.717) is 17.3 Å². The van der Waals surface area contributed by atoms with Gasteiger partial charge in [0.1, 0.15) is 6.04 Å². The maximum absolute atomic E-state index is 12.9. The molecule has 1 atom stereocenters. The van der Waals surface area contributed by atoms with Crippen LogP contribution in [0.4, 0.5) is 5.69 Å². The first-order valence-electron chi connectivity index (χ1n) is 8.74. The Labute approximate surface area is 169 Å². The number of benzene rings is 2. The molecule has 0 aliphatic carbocycles. The van der Waals surface area contributed by atoms with Crippen LogP contribution in [0.1, 0.15) is 21.5 Å². The molecule has 1 aliphatic rings. The summed E-state index contributed by atoms with van der Waals surface area (Å²) in [5.74, 6) is 0.276. The molecule has 1 saturated heterocycles. The number of hydrogen-bond donors (Lipinski definition) is 1. The number of aryl methyl sites for hydroxylation is 2. The molecule has 1 fully saturated rings. The van der Waals surface area contributed by atoms with Crippen LogP contribution in [-0.2, 0) is 14.6 Å². The summed E-state index contributed by atoms with van der Waals surface area (Å²) in [4.78, 5) is 27.3. The number of carbonyl (C=O) groups excluding carboxylic acids is 2. The lowest BCUT2D eigenvalue weighted by Gasteiger charge is -2.23. The zero-order chi connectivity index (χ0) is 20.5. The van der Waals surface area contributed by atoms with Crippen molar-refractivity contribution in [3.8, 4) is 0 Å². The minimum atomic E-state index is -3.42. The van der Waals surface area contributed by atoms with Gasteiger partial charge < -0.3 is 10.2 Å². The molecule has 1 unspecified atom stereocenters. The van der Waals surface area contributed by atoms with Gasteiger partial charge in [0.15, 0.2) is 9.84 Å². The maximum atomic E-state index is 12.9. The van der Waals surface area contributed by atoms with Crippen molar-refractivity contribution in [2.24, 2.45) is 0 Å². The first-order chi connectivity index (χ1) is 13.2. The van der Waals surface area contributed by atoms with Gasteiger partial charge in [-0.25, -0.2) is 8.42 Å². The van der Waals surface area contributed by atoms with Crippen molar-refractivity contribution in [1.29, 1.82) is 0 Å². The topological polar surface area (TPSA) is 83.6 Å². The van der Waals surface area contributed by atoms with Crippen LogP contribution in [0, 0.1) is 13.8 Å². The van der Waals surface area contributed by atoms with Crippen LogP contribution in [0.3, 0.4) is 0 Å². The monoisotopic (exact) mass is 418 g/mol. The summed E-state index contributed by atoms with van der Waals surface area (Å²) in [6.45, 7) is 3.97. The lowest BCUT2D eigenvalue weighted by atomic mass is 10.1. The van der Waals surface area contributed by atoms with Gasteiger partial charge in [-0.1, -0.05) is 12.1 Å². The van der Waals surface area contributed by atoms with Gasteiger partial charge in [-0.2, -0.15) is 0 Å². The molecule has 1 N–H and O–H groups in total. The average molecular weight is 419 g/mol. The fourth-order valence-corrected chi connectivity index (χ4v) is 4.75. The second-order valence-corrected chi connectivity index (χ2v) is 9.89. The number of rotatable bonds is 4. The summed E-state index contributed by atoms with van der Waals surface area (Å²) in [7, 11) is -3.42. The Balaban J connectivity index is 1.79. The predicted molar refractivity (Wildman–Crippen MR) is 111 cm³/mol. The van der Waals surface area contributed by atoms with Crippen molar-refractivity contribution >= 4 is 39.1 Å². The fraction of sp³-hybridized carbons (Fsp3) is 0.300. The number of carbonyl (C=O) groups is 2. The van der Waals surface area contributed by atoms with Gasteiger partial charge in [0.05, 0.1) is 10.8 Å². The van der Waals surface area contributed by atoms with Crippen molar-refractivity contribution < 1.29 is 18.0 Å². The summed E-state index contributed by atoms with van der Waals surface area (Å²) in [5, 5.41) is 2.88. The Morgan fingerprint density at radius 2 is 1.86 bits per heavy atom. The number of thioether (sulfide) groups is 1. The molecule has 0 spiro atoms. The normalized spacial score (nSPS) is 16.8. The van der Waals surface area contributed by atoms with Crippen LogP contribution in [-0.4, -0.2) is 49.1 Å². The lowest BCUT2D eigenvalue weighted by molar-refractivity contribution is -0.119. The quantitative estimate of drug-likeness (QED) is 0.825. The third-order valence-electron chi connectivity index (χ3n) is 4.73. The number of hydrogen-bond acceptors (Lipinski definition) is 5. The van der Waals surface area contributed by atoms with E-state index in [1.165, 1.54) is 34.9 Å². The molecular formula is C20H22N2O4S2. The summed E-state index contributed by atoms with van der Waals surface area (Å²) >= 11 is 1.49. The molecule has 8 heteroatoms. The molecule has 0 saturated carbocycles. The Morgan fingerprint density at radius 3 is 2.54 bits per heavy atom. The van der Waals surface area contributed by atoms with E-state index in [-0.39, 0.29) is 22.3 Å². The third-order valence-corrected chi connectivity index (χ3v) is 6.85. The molecule has 148 valence electrons. The van der Waals surface area contributed by atoms with Crippen molar-refractivity contribution in [2.45, 2.75) is 24.8 Å². The first-order valence-corrected chi connectivity index (χ1v) is 11.8. The number of amides is 2. The van der Waals surface area contributed by atoms with Crippen molar-refractivity contribution in [2.75, 3.05) is 23.2 Å². The zero-order valence-electron chi connectivity index (χ0n) is 15.9. The molecule has 3 rings (SSSR count). The molecule has 2 aromatic rings. The van der Waals surface area contributed by atoms with Crippen LogP contribution in [0.2, 0.25) is 0 Å². The zero-order valence-corrected chi connectivity index (χ0v) is 17.6. The number of sulfone groups is 1. The molecule has 2 amide bonds. The van der Waals surface area contributed by atoms with E-state index in [1.54, 1.807) is 6.07 Å². The van der Waals surface area contributed by atoms with Gasteiger partial charge in [0.25, 0.3) is 5.91 Å². The van der Waals surface area contributed by atoms with Gasteiger partial charge in [0.2, 0.25) is 5.91 Å².